The Kier molecular flexibility index (Phi) is 46.9. The molecule has 0 aromatic heterocycles. The molecule has 0 bridgehead atoms. The molecule has 1 aromatic rings. The number of amides is 6. The average molecular weight is 991 g/mol. The van der Waals surface area contributed by atoms with Crippen LogP contribution in [0.1, 0.15) is 77.0 Å². The lowest BCUT2D eigenvalue weighted by atomic mass is 10.2. The topological polar surface area (TPSA) is 234 Å². The first-order valence-corrected chi connectivity index (χ1v) is 24.9. The molecular weight excluding hydrogens is 901 g/mol. The minimum Gasteiger partial charge on any atom is -0.382 e. The van der Waals surface area contributed by atoms with Gasteiger partial charge in [-0.2, -0.15) is 0 Å². The standard InChI is InChI=1S/C48H90N6O15/c1-58-22-25-64-34-37-67-31-28-61-19-13-7-4-10-16-49-46(55)52-43-40-44(53-47(56)50-17-11-5-8-14-20-62-29-32-68-38-35-65-26-23-59-2)42-45(41-43)54-48(57)51-18-12-6-9-15-21-63-30-33-69-39-36-66-27-24-60-3/h40-42H,4-39H2,1-3H3,(H2,49,52,55)(H2,50,53,56)(H2,51,54,57). The summed E-state index contributed by atoms with van der Waals surface area (Å²) < 4.78 is 64.2. The van der Waals surface area contributed by atoms with E-state index in [2.05, 4.69) is 31.9 Å². The maximum absolute atomic E-state index is 12.9. The van der Waals surface area contributed by atoms with Gasteiger partial charge in [-0.15, -0.1) is 0 Å². The summed E-state index contributed by atoms with van der Waals surface area (Å²) in [6.07, 6.45) is 10.9. The van der Waals surface area contributed by atoms with Gasteiger partial charge in [0.1, 0.15) is 0 Å². The van der Waals surface area contributed by atoms with Crippen LogP contribution in [0.4, 0.5) is 31.4 Å². The minimum absolute atomic E-state index is 0.393. The summed E-state index contributed by atoms with van der Waals surface area (Å²) in [7, 11) is 4.92. The molecule has 0 saturated heterocycles. The van der Waals surface area contributed by atoms with Crippen LogP contribution in [0.5, 0.6) is 0 Å². The highest BCUT2D eigenvalue weighted by Crippen LogP contribution is 2.23. The van der Waals surface area contributed by atoms with E-state index in [0.717, 1.165) is 77.0 Å². The van der Waals surface area contributed by atoms with Crippen LogP contribution in [0, 0.1) is 0 Å². The Balaban J connectivity index is 2.42. The van der Waals surface area contributed by atoms with Gasteiger partial charge in [0.2, 0.25) is 0 Å². The van der Waals surface area contributed by atoms with Crippen LogP contribution >= 0.6 is 0 Å². The van der Waals surface area contributed by atoms with E-state index in [0.29, 0.717) is 175 Å². The first-order chi connectivity index (χ1) is 34.0. The number of benzene rings is 1. The number of hydrogen-bond acceptors (Lipinski definition) is 15. The van der Waals surface area contributed by atoms with Crippen LogP contribution in [0.2, 0.25) is 0 Å². The van der Waals surface area contributed by atoms with Crippen molar-refractivity contribution in [1.29, 1.82) is 0 Å². The number of carbonyl (C=O) groups is 3. The van der Waals surface area contributed by atoms with Crippen molar-refractivity contribution in [2.75, 3.05) is 196 Å². The first-order valence-electron chi connectivity index (χ1n) is 24.9. The molecule has 6 amide bonds. The van der Waals surface area contributed by atoms with Crippen LogP contribution in [-0.2, 0) is 56.8 Å². The second kappa shape index (κ2) is 50.9. The van der Waals surface area contributed by atoms with Gasteiger partial charge in [-0.25, -0.2) is 14.4 Å². The van der Waals surface area contributed by atoms with Crippen LogP contribution in [-0.4, -0.2) is 198 Å². The third-order valence-corrected chi connectivity index (χ3v) is 9.74. The first kappa shape index (κ1) is 63.6. The highest BCUT2D eigenvalue weighted by molar-refractivity contribution is 5.96. The van der Waals surface area contributed by atoms with Crippen LogP contribution in [0.15, 0.2) is 18.2 Å². The number of hydrogen-bond donors (Lipinski definition) is 6. The van der Waals surface area contributed by atoms with Crippen molar-refractivity contribution in [1.82, 2.24) is 16.0 Å². The molecule has 69 heavy (non-hydrogen) atoms. The van der Waals surface area contributed by atoms with Gasteiger partial charge in [0, 0.05) is 77.8 Å². The lowest BCUT2D eigenvalue weighted by Crippen LogP contribution is -2.31. The molecule has 0 spiro atoms. The second-order valence-electron chi connectivity index (χ2n) is 15.7. The van der Waals surface area contributed by atoms with Crippen molar-refractivity contribution in [2.24, 2.45) is 0 Å². The van der Waals surface area contributed by atoms with Gasteiger partial charge in [0.25, 0.3) is 0 Å². The minimum atomic E-state index is -0.393. The fourth-order valence-electron chi connectivity index (χ4n) is 6.08. The Labute approximate surface area is 412 Å². The van der Waals surface area contributed by atoms with E-state index in [4.69, 9.17) is 56.8 Å². The maximum Gasteiger partial charge on any atom is 0.319 e. The van der Waals surface area contributed by atoms with Gasteiger partial charge in [-0.3, -0.25) is 0 Å². The maximum atomic E-state index is 12.9. The molecule has 402 valence electrons. The summed E-state index contributed by atoms with van der Waals surface area (Å²) in [4.78, 5) is 38.6. The molecule has 21 heteroatoms. The molecule has 0 unspecified atom stereocenters. The van der Waals surface area contributed by atoms with Crippen molar-refractivity contribution in [3.05, 3.63) is 18.2 Å². The highest BCUT2D eigenvalue weighted by Gasteiger charge is 2.10. The SMILES string of the molecule is COCCOCCOCCOCCCCCCNC(=O)Nc1cc(NC(=O)NCCCCCCOCCOCCOCCOC)cc(NC(=O)NCCCCCCOCCOCCOCCOC)c1. The predicted molar refractivity (Wildman–Crippen MR) is 266 cm³/mol. The Morgan fingerprint density at radius 3 is 0.725 bits per heavy atom. The number of carbonyl (C=O) groups excluding carboxylic acids is 3. The van der Waals surface area contributed by atoms with Crippen molar-refractivity contribution >= 4 is 35.2 Å². The van der Waals surface area contributed by atoms with Gasteiger partial charge in [0.15, 0.2) is 0 Å². The Bertz CT molecular complexity index is 1160. The van der Waals surface area contributed by atoms with E-state index < -0.39 is 18.1 Å². The van der Waals surface area contributed by atoms with E-state index in [1.54, 1.807) is 39.5 Å². The Morgan fingerprint density at radius 2 is 0.493 bits per heavy atom. The normalized spacial score (nSPS) is 11.2. The number of ether oxygens (including phenoxy) is 12. The molecule has 0 aliphatic rings. The summed E-state index contributed by atoms with van der Waals surface area (Å²) in [5.74, 6) is 0. The molecule has 0 fully saturated rings. The second-order valence-corrected chi connectivity index (χ2v) is 15.7. The zero-order chi connectivity index (χ0) is 49.8. The molecule has 0 atom stereocenters. The monoisotopic (exact) mass is 991 g/mol. The summed E-state index contributed by atoms with van der Waals surface area (Å²) in [6.45, 7) is 13.2. The van der Waals surface area contributed by atoms with E-state index in [-0.39, 0.29) is 0 Å². The Morgan fingerprint density at radius 1 is 0.290 bits per heavy atom. The molecule has 0 heterocycles. The fraction of sp³-hybridized carbons (Fsp3) is 0.812. The number of nitrogens with one attached hydrogen (secondary N) is 6. The van der Waals surface area contributed by atoms with E-state index >= 15 is 0 Å². The molecule has 1 rings (SSSR count). The quantitative estimate of drug-likeness (QED) is 0.0422. The van der Waals surface area contributed by atoms with Gasteiger partial charge in [-0.1, -0.05) is 38.5 Å². The van der Waals surface area contributed by atoms with Gasteiger partial charge >= 0.3 is 18.1 Å². The summed E-state index contributed by atoms with van der Waals surface area (Å²) in [5.41, 5.74) is 1.21. The van der Waals surface area contributed by atoms with Crippen molar-refractivity contribution in [3.63, 3.8) is 0 Å². The molecule has 0 radical (unpaired) electrons. The lowest BCUT2D eigenvalue weighted by Gasteiger charge is -2.14. The fourth-order valence-corrected chi connectivity index (χ4v) is 6.08. The summed E-state index contributed by atoms with van der Waals surface area (Å²) >= 11 is 0. The van der Waals surface area contributed by atoms with Gasteiger partial charge in [0.05, 0.1) is 119 Å². The zero-order valence-electron chi connectivity index (χ0n) is 42.3. The number of rotatable bonds is 51. The molecule has 21 nitrogen and oxygen atoms in total. The van der Waals surface area contributed by atoms with Gasteiger partial charge in [-0.05, 0) is 56.7 Å². The molecule has 0 aliphatic carbocycles. The van der Waals surface area contributed by atoms with Crippen LogP contribution in [0.25, 0.3) is 0 Å². The third kappa shape index (κ3) is 45.4. The summed E-state index contributed by atoms with van der Waals surface area (Å²) in [6, 6.07) is 3.75. The molecule has 0 saturated carbocycles. The lowest BCUT2D eigenvalue weighted by molar-refractivity contribution is 0.00323. The van der Waals surface area contributed by atoms with Gasteiger partial charge < -0.3 is 88.7 Å². The van der Waals surface area contributed by atoms with Crippen LogP contribution in [0.3, 0.4) is 0 Å². The smallest absolute Gasteiger partial charge is 0.319 e. The third-order valence-electron chi connectivity index (χ3n) is 9.74. The predicted octanol–water partition coefficient (Wildman–Crippen LogP) is 5.82. The zero-order valence-corrected chi connectivity index (χ0v) is 42.3. The summed E-state index contributed by atoms with van der Waals surface area (Å²) in [5, 5.41) is 17.2. The molecule has 0 aliphatic heterocycles. The number of anilines is 3. The molecule has 1 aromatic carbocycles. The average Bonchev–Trinajstić information content (AvgIpc) is 3.33. The number of methoxy groups -OCH3 is 3. The molecule has 6 N–H and O–H groups in total. The molecular formula is C48H90N6O15. The van der Waals surface area contributed by atoms with Crippen molar-refractivity contribution in [2.45, 2.75) is 77.0 Å². The number of unbranched alkanes of at least 4 members (excludes halogenated alkanes) is 9. The van der Waals surface area contributed by atoms with Crippen molar-refractivity contribution in [3.8, 4) is 0 Å². The Hall–Kier alpha value is -3.45. The largest absolute Gasteiger partial charge is 0.382 e. The van der Waals surface area contributed by atoms with Crippen molar-refractivity contribution < 1.29 is 71.2 Å². The van der Waals surface area contributed by atoms with E-state index in [9.17, 15) is 14.4 Å². The number of urea groups is 3. The van der Waals surface area contributed by atoms with Crippen LogP contribution < -0.4 is 31.9 Å². The van der Waals surface area contributed by atoms with E-state index in [1.807, 2.05) is 0 Å². The highest BCUT2D eigenvalue weighted by atomic mass is 16.6. The van der Waals surface area contributed by atoms with E-state index in [1.165, 1.54) is 0 Å².